The number of aliphatic hydroxyl groups is 2. The standard InChI is InChI=1S/C26H25F2N7OS.2C26H25F2N7O.C24H21F2N7O.3CH4/c1-25(2)15-8-9-26(25,23-14(15)10-18(32-34-23)22-16(27)6-5-7-17(22)28)20-12-29-11-19(30-20)24-31-21(33-35-24)13-37(3,4)36;1-13(36)9-21-31-24(35-33-21)19-11-29-12-20(30-19)26-8-7-15(25(26,2)3)14-10-18(32-34-23(14)26)22-16(27)5-4-6-17(22)28;1-4-19(36)24-31-23(34-35-24)18-11-29-12-20(30-18)26-9-8-14(25(26,2)3)13-10-17(32-33-22(13)26)21-15(27)6-5-7-16(21)28;1-23(2)13-6-7-24(23,18-10-27-9-17(29-18)22-28-11-19(34)31-33-22)21-12(13)8-16(30-32-21)20-14(25)4-3-5-15(20)26;;;/h5-7,10-12,15H,3,8-9,13H2,1-2,4H3,(H,31,33,35);4-6,10-13,15,36H,7-9H2,1-3H3,(H,31,33,35);5-7,10-12,14,19,36H,4,8-9H2,1-3H3,(H,31,34,35);3-5,8-10,13H,6-7,11H2,1-2H3,(H,28,33)(H,31,34);3*1H4/t15-,26-,37?;13-,15-,26-;14-,19-,26-;13-,24-;;;/m0000.../s1. The Hall–Kier alpha value is -14.7. The lowest BCUT2D eigenvalue weighted by Gasteiger charge is -2.37. The number of fused-ring (bicyclic) bond motifs is 20. The summed E-state index contributed by atoms with van der Waals surface area (Å²) in [6.45, 7) is 20.9. The van der Waals surface area contributed by atoms with Gasteiger partial charge in [-0.3, -0.25) is 60.1 Å². The van der Waals surface area contributed by atoms with E-state index in [9.17, 15) is 54.3 Å². The summed E-state index contributed by atoms with van der Waals surface area (Å²) in [5, 5.41) is 76.2. The molecule has 146 heavy (non-hydrogen) atoms. The van der Waals surface area contributed by atoms with Crippen LogP contribution >= 0.6 is 0 Å². The number of H-pyrrole nitrogens is 3. The molecule has 4 saturated carbocycles. The fourth-order valence-corrected chi connectivity index (χ4v) is 25.2. The van der Waals surface area contributed by atoms with Gasteiger partial charge < -0.3 is 10.2 Å². The smallest absolute Gasteiger partial charge is 0.260 e. The van der Waals surface area contributed by atoms with Crippen molar-refractivity contribution in [2.75, 3.05) is 12.8 Å². The van der Waals surface area contributed by atoms with E-state index in [0.717, 1.165) is 119 Å². The number of carbonyl (C=O) groups is 1. The first-order chi connectivity index (χ1) is 68.3. The van der Waals surface area contributed by atoms with Gasteiger partial charge in [0.1, 0.15) is 93.6 Å². The Morgan fingerprint density at radius 3 is 1.00 bits per heavy atom. The van der Waals surface area contributed by atoms with Crippen molar-refractivity contribution >= 4 is 27.1 Å². The van der Waals surface area contributed by atoms with Crippen molar-refractivity contribution in [1.29, 1.82) is 0 Å². The number of carbonyl (C=O) groups excluding carboxylic acids is 1. The summed E-state index contributed by atoms with van der Waals surface area (Å²) < 4.78 is 128. The van der Waals surface area contributed by atoms with Crippen LogP contribution < -0.4 is 10.9 Å². The van der Waals surface area contributed by atoms with E-state index in [1.54, 1.807) is 87.0 Å². The Balaban J connectivity index is 0.000000127. The molecular weight excluding hydrogens is 1900 g/mol. The van der Waals surface area contributed by atoms with E-state index in [1.165, 1.54) is 72.8 Å². The molecule has 15 aromatic rings. The minimum absolute atomic E-state index is 0. The van der Waals surface area contributed by atoms with E-state index in [4.69, 9.17) is 19.9 Å². The summed E-state index contributed by atoms with van der Waals surface area (Å²) in [7, 11) is -2.29. The minimum Gasteiger partial charge on any atom is -0.393 e. The van der Waals surface area contributed by atoms with E-state index < -0.39 is 89.9 Å². The summed E-state index contributed by atoms with van der Waals surface area (Å²) in [6, 6.07) is 22.2. The number of aliphatic imine (C=N–C) groups is 1. The normalized spacial score (nSPS) is 22.6. The molecule has 0 saturated heterocycles. The number of benzene rings is 4. The van der Waals surface area contributed by atoms with Crippen LogP contribution in [-0.2, 0) is 48.1 Å². The van der Waals surface area contributed by atoms with Gasteiger partial charge in [0.25, 0.3) is 5.91 Å². The van der Waals surface area contributed by atoms with Crippen molar-refractivity contribution in [3.63, 3.8) is 0 Å². The zero-order valence-corrected chi connectivity index (χ0v) is 80.3. The Labute approximate surface area is 836 Å². The van der Waals surface area contributed by atoms with Crippen molar-refractivity contribution in [3.8, 4) is 79.6 Å². The maximum Gasteiger partial charge on any atom is 0.260 e. The number of hydrogen-bond acceptors (Lipinski definition) is 28. The van der Waals surface area contributed by atoms with Gasteiger partial charge in [0, 0.05) is 37.5 Å². The highest BCUT2D eigenvalue weighted by molar-refractivity contribution is 7.98. The van der Waals surface area contributed by atoms with Crippen molar-refractivity contribution in [1.82, 2.24) is 137 Å². The quantitative estimate of drug-likeness (QED) is 0.0310. The van der Waals surface area contributed by atoms with E-state index >= 15 is 0 Å². The van der Waals surface area contributed by atoms with Crippen molar-refractivity contribution in [2.24, 2.45) is 26.7 Å². The molecule has 11 aromatic heterocycles. The van der Waals surface area contributed by atoms with Crippen LogP contribution in [0.1, 0.15) is 270 Å². The fourth-order valence-electron chi connectivity index (χ4n) is 24.5. The maximum atomic E-state index is 14.5. The van der Waals surface area contributed by atoms with Gasteiger partial charge >= 0.3 is 0 Å². The third-order valence-electron chi connectivity index (χ3n) is 31.5. The second-order valence-electron chi connectivity index (χ2n) is 40.5. The topological polar surface area (TPSA) is 442 Å². The number of nitrogens with one attached hydrogen (secondary N) is 5. The zero-order chi connectivity index (χ0) is 100. The van der Waals surface area contributed by atoms with Crippen LogP contribution in [0.2, 0.25) is 0 Å². The van der Waals surface area contributed by atoms with Gasteiger partial charge in [0.2, 0.25) is 17.5 Å². The molecule has 7 N–H and O–H groups in total. The van der Waals surface area contributed by atoms with Gasteiger partial charge in [-0.2, -0.15) is 35.7 Å². The van der Waals surface area contributed by atoms with Crippen LogP contribution in [0.5, 0.6) is 0 Å². The molecule has 4 aromatic carbocycles. The number of halogens is 8. The molecule has 8 aliphatic carbocycles. The van der Waals surface area contributed by atoms with Crippen molar-refractivity contribution in [2.45, 2.75) is 219 Å². The molecule has 0 radical (unpaired) electrons. The first-order valence-electron chi connectivity index (χ1n) is 47.0. The molecule has 24 rings (SSSR count). The van der Waals surface area contributed by atoms with Gasteiger partial charge in [-0.05, 0) is 220 Å². The lowest BCUT2D eigenvalue weighted by Crippen LogP contribution is -2.48. The van der Waals surface area contributed by atoms with Gasteiger partial charge in [0.15, 0.2) is 11.7 Å². The van der Waals surface area contributed by atoms with Crippen LogP contribution in [0.3, 0.4) is 0 Å². The Bertz CT molecular complexity index is 7750. The van der Waals surface area contributed by atoms with Crippen molar-refractivity contribution in [3.05, 3.63) is 284 Å². The zero-order valence-electron chi connectivity index (χ0n) is 79.4. The number of rotatable bonds is 18. The van der Waals surface area contributed by atoms with E-state index in [1.807, 2.05) is 6.92 Å². The third kappa shape index (κ3) is 15.9. The average molecular weight is 2010 g/mol. The monoisotopic (exact) mass is 2010 g/mol. The maximum absolute atomic E-state index is 14.5. The fraction of sp³-hybridized carbons (Fsp3) is 0.381. The van der Waals surface area contributed by atoms with Crippen LogP contribution in [0, 0.1) is 68.2 Å². The minimum atomic E-state index is -2.29. The predicted octanol–water partition coefficient (Wildman–Crippen LogP) is 17.5. The molecule has 9 aliphatic rings. The second-order valence-corrected chi connectivity index (χ2v) is 43.1. The summed E-state index contributed by atoms with van der Waals surface area (Å²) in [5.74, 6) is 1.72. The molecule has 0 spiro atoms. The molecule has 1 aliphatic heterocycles. The Morgan fingerprint density at radius 2 is 0.699 bits per heavy atom. The Kier molecular flexibility index (Phi) is 25.9. The predicted molar refractivity (Wildman–Crippen MR) is 528 cm³/mol. The summed E-state index contributed by atoms with van der Waals surface area (Å²) >= 11 is 0. The molecule has 8 bridgehead atoms. The SMILES string of the molecule is C.C.C.C=S(C)(=O)Cc1nc(-c2cncc([C@@]34CC[C@@H](c5cc(-c6c(F)cccc6F)nnc53)C4(C)C)n2)n[nH]1.CC1(C)[C@H]2CC[C@]1(c1cncc(C3=NCC(=O)NN3)n1)c1nnc(-c3c(F)cccc3F)cc12.CC[C@H](O)c1nc(-c2cncc([C@@]34CC[C@@H](c5cc(-c6c(F)cccc6F)nnc53)C4(C)C)n2)n[nH]1.C[C@H](O)Cc1nc(-c2cncc([C@@]34CC[C@@H](c5cc(-c6c(F)cccc6F)nnc53)C4(C)C)n2)n[nH]1. The molecule has 1 amide bonds. The lowest BCUT2D eigenvalue weighted by atomic mass is 9.66. The summed E-state index contributed by atoms with van der Waals surface area (Å²) in [6.07, 6.45) is 21.2. The first kappa shape index (κ1) is 101. The molecule has 754 valence electrons. The molecule has 11 atom stereocenters. The van der Waals surface area contributed by atoms with E-state index in [2.05, 4.69) is 183 Å². The molecule has 41 heteroatoms. The van der Waals surface area contributed by atoms with Gasteiger partial charge in [-0.25, -0.2) is 70.0 Å². The summed E-state index contributed by atoms with van der Waals surface area (Å²) in [4.78, 5) is 66.4. The number of amidine groups is 1. The number of aromatic nitrogens is 25. The molecule has 1 unspecified atom stereocenters. The number of hydrazine groups is 1. The summed E-state index contributed by atoms with van der Waals surface area (Å²) in [5.41, 5.74) is 13.7. The largest absolute Gasteiger partial charge is 0.393 e. The highest BCUT2D eigenvalue weighted by Gasteiger charge is 2.69. The van der Waals surface area contributed by atoms with Gasteiger partial charge in [0.05, 0.1) is 149 Å². The highest BCUT2D eigenvalue weighted by atomic mass is 32.2. The highest BCUT2D eigenvalue weighted by Crippen LogP contribution is 2.74. The van der Waals surface area contributed by atoms with Crippen LogP contribution in [0.15, 0.2) is 152 Å². The number of aromatic amines is 3. The number of amides is 1. The van der Waals surface area contributed by atoms with E-state index in [-0.39, 0.29) is 131 Å². The first-order valence-corrected chi connectivity index (χ1v) is 49.3. The van der Waals surface area contributed by atoms with Gasteiger partial charge in [-0.15, -0.1) is 20.4 Å². The molecule has 4 fully saturated rings. The van der Waals surface area contributed by atoms with Crippen LogP contribution in [-0.4, -0.2) is 177 Å². The van der Waals surface area contributed by atoms with Crippen LogP contribution in [0.4, 0.5) is 35.1 Å². The molecule has 12 heterocycles. The number of aliphatic hydroxyl groups excluding tert-OH is 2. The second kappa shape index (κ2) is 37.4. The number of nitrogens with zero attached hydrogens (tertiary/aromatic N) is 23. The van der Waals surface area contributed by atoms with Crippen molar-refractivity contribution < 1.29 is 54.3 Å². The molecular formula is C105H108F8N28O4S. The average Bonchev–Trinajstić information content (AvgIpc) is 1.53. The van der Waals surface area contributed by atoms with Crippen LogP contribution in [0.25, 0.3) is 79.6 Å². The Morgan fingerprint density at radius 1 is 0.404 bits per heavy atom. The third-order valence-corrected chi connectivity index (χ3v) is 32.4. The molecule has 32 nitrogen and oxygen atoms in total. The number of hydrogen-bond donors (Lipinski definition) is 7. The lowest BCUT2D eigenvalue weighted by molar-refractivity contribution is -0.120. The van der Waals surface area contributed by atoms with Gasteiger partial charge in [-0.1, -0.05) is 109 Å². The van der Waals surface area contributed by atoms with E-state index in [0.29, 0.717) is 76.4 Å².